The zero-order valence-corrected chi connectivity index (χ0v) is 4.37. The molecule has 1 aliphatic heterocycles. The van der Waals surface area contributed by atoms with Crippen LogP contribution in [0.5, 0.6) is 0 Å². The van der Waals surface area contributed by atoms with E-state index < -0.39 is 0 Å². The Morgan fingerprint density at radius 1 is 0.778 bits per heavy atom. The van der Waals surface area contributed by atoms with Crippen molar-refractivity contribution < 1.29 is 4.70 Å². The van der Waals surface area contributed by atoms with Crippen LogP contribution < -0.4 is 5.32 Å². The van der Waals surface area contributed by atoms with Gasteiger partial charge < -0.3 is 5.32 Å². The van der Waals surface area contributed by atoms with Gasteiger partial charge in [0.1, 0.15) is 0 Å². The van der Waals surface area contributed by atoms with Crippen molar-refractivity contribution in [3.8, 4) is 0 Å². The van der Waals surface area contributed by atoms with Crippen molar-refractivity contribution in [3.05, 3.63) is 36.7 Å². The van der Waals surface area contributed by atoms with E-state index in [-0.39, 0.29) is 13.1 Å². The number of rotatable bonds is 0. The molecule has 0 aromatic heterocycles. The Hall–Kier alpha value is -0.985. The molecule has 1 nitrogen and oxygen atoms in total. The van der Waals surface area contributed by atoms with E-state index in [1.54, 1.807) is 0 Å². The molecule has 0 aromatic carbocycles. The van der Waals surface area contributed by atoms with Gasteiger partial charge in [-0.1, -0.05) is 12.2 Å². The molecule has 50 valence electrons. The third-order valence-electron chi connectivity index (χ3n) is 0.718. The molecule has 0 atom stereocenters. The van der Waals surface area contributed by atoms with Gasteiger partial charge in [0.15, 0.2) is 0 Å². The molecule has 9 heavy (non-hydrogen) atoms. The van der Waals surface area contributed by atoms with E-state index in [2.05, 4.69) is 5.32 Å². The SMILES string of the molecule is B.C1=CC=CNC=C1.F. The maximum Gasteiger partial charge on any atom is 0.0814 e. The highest BCUT2D eigenvalue weighted by atomic mass is 19.0. The van der Waals surface area contributed by atoms with Gasteiger partial charge in [0.2, 0.25) is 0 Å². The molecule has 1 rings (SSSR count). The van der Waals surface area contributed by atoms with Crippen LogP contribution in [0.1, 0.15) is 0 Å². The second kappa shape index (κ2) is 7.01. The second-order valence-electron chi connectivity index (χ2n) is 1.27. The normalized spacial score (nSPS) is 12.4. The van der Waals surface area contributed by atoms with E-state index in [4.69, 9.17) is 0 Å². The first-order valence-corrected chi connectivity index (χ1v) is 2.24. The molecule has 0 spiro atoms. The zero-order chi connectivity index (χ0) is 4.95. The summed E-state index contributed by atoms with van der Waals surface area (Å²) < 4.78 is 0. The lowest BCUT2D eigenvalue weighted by Crippen LogP contribution is -1.87. The minimum atomic E-state index is 0. The van der Waals surface area contributed by atoms with E-state index in [0.29, 0.717) is 0 Å². The van der Waals surface area contributed by atoms with Gasteiger partial charge in [-0.3, -0.25) is 4.70 Å². The smallest absolute Gasteiger partial charge is 0.0814 e. The Morgan fingerprint density at radius 2 is 1.22 bits per heavy atom. The molecule has 0 bridgehead atoms. The van der Waals surface area contributed by atoms with Gasteiger partial charge in [-0.15, -0.1) is 0 Å². The van der Waals surface area contributed by atoms with Gasteiger partial charge in [-0.2, -0.15) is 0 Å². The molecule has 3 heteroatoms. The van der Waals surface area contributed by atoms with Crippen LogP contribution in [-0.2, 0) is 0 Å². The highest BCUT2D eigenvalue weighted by molar-refractivity contribution is 5.75. The fourth-order valence-electron chi connectivity index (χ4n) is 0.406. The van der Waals surface area contributed by atoms with Gasteiger partial charge in [0.05, 0.1) is 8.41 Å². The summed E-state index contributed by atoms with van der Waals surface area (Å²) in [5, 5.41) is 2.92. The van der Waals surface area contributed by atoms with Crippen molar-refractivity contribution >= 4 is 8.41 Å². The van der Waals surface area contributed by atoms with Gasteiger partial charge in [0, 0.05) is 12.4 Å². The van der Waals surface area contributed by atoms with Crippen LogP contribution in [0.15, 0.2) is 36.7 Å². The van der Waals surface area contributed by atoms with E-state index >= 15 is 0 Å². The minimum absolute atomic E-state index is 0. The molecule has 0 saturated heterocycles. The van der Waals surface area contributed by atoms with Gasteiger partial charge in [-0.05, 0) is 12.2 Å². The topological polar surface area (TPSA) is 12.0 Å². The summed E-state index contributed by atoms with van der Waals surface area (Å²) in [6, 6.07) is 0. The number of halogens is 1. The molecule has 1 N–H and O–H groups in total. The highest BCUT2D eigenvalue weighted by Gasteiger charge is 1.67. The van der Waals surface area contributed by atoms with E-state index in [1.807, 2.05) is 36.7 Å². The van der Waals surface area contributed by atoms with E-state index in [0.717, 1.165) is 0 Å². The largest absolute Gasteiger partial charge is 0.368 e. The predicted octanol–water partition coefficient (Wildman–Crippen LogP) is 0.142. The average Bonchev–Trinajstić information content (AvgIpc) is 1.90. The van der Waals surface area contributed by atoms with Crippen LogP contribution in [0, 0.1) is 0 Å². The first-order chi connectivity index (χ1) is 3.50. The molecule has 0 aliphatic carbocycles. The number of hydrogen-bond acceptors (Lipinski definition) is 1. The van der Waals surface area contributed by atoms with Crippen LogP contribution >= 0.6 is 0 Å². The maximum absolute atomic E-state index is 2.92. The predicted molar refractivity (Wildman–Crippen MR) is 43.0 cm³/mol. The standard InChI is InChI=1S/C6H7N.BH3.FH/c1-2-4-6-7-5-3-1;;/h1-7H;1H3;1H. The lowest BCUT2D eigenvalue weighted by Gasteiger charge is -1.79. The molecule has 1 aliphatic rings. The van der Waals surface area contributed by atoms with Crippen LogP contribution in [0.2, 0.25) is 0 Å². The lowest BCUT2D eigenvalue weighted by molar-refractivity contribution is 1.11. The van der Waals surface area contributed by atoms with Crippen LogP contribution in [-0.4, -0.2) is 8.41 Å². The van der Waals surface area contributed by atoms with Gasteiger partial charge in [0.25, 0.3) is 0 Å². The summed E-state index contributed by atoms with van der Waals surface area (Å²) in [7, 11) is 0. The van der Waals surface area contributed by atoms with Crippen molar-refractivity contribution in [1.82, 2.24) is 5.32 Å². The first-order valence-electron chi connectivity index (χ1n) is 2.24. The van der Waals surface area contributed by atoms with Crippen molar-refractivity contribution in [2.24, 2.45) is 0 Å². The van der Waals surface area contributed by atoms with Crippen molar-refractivity contribution in [2.45, 2.75) is 0 Å². The van der Waals surface area contributed by atoms with Crippen LogP contribution in [0.3, 0.4) is 0 Å². The summed E-state index contributed by atoms with van der Waals surface area (Å²) in [5.41, 5.74) is 0. The monoisotopic (exact) mass is 127 g/mol. The molecule has 0 saturated carbocycles. The number of hydrogen-bond donors (Lipinski definition) is 1. The van der Waals surface area contributed by atoms with E-state index in [1.165, 1.54) is 0 Å². The summed E-state index contributed by atoms with van der Waals surface area (Å²) in [6.45, 7) is 0. The molecular weight excluding hydrogens is 116 g/mol. The Bertz CT molecular complexity index is 115. The summed E-state index contributed by atoms with van der Waals surface area (Å²) >= 11 is 0. The minimum Gasteiger partial charge on any atom is -0.368 e. The number of allylic oxidation sites excluding steroid dienone is 4. The number of nitrogens with one attached hydrogen (secondary N) is 1. The zero-order valence-electron chi connectivity index (χ0n) is 4.37. The second-order valence-corrected chi connectivity index (χ2v) is 1.27. The Kier molecular flexibility index (Phi) is 8.50. The third-order valence-corrected chi connectivity index (χ3v) is 0.718. The summed E-state index contributed by atoms with van der Waals surface area (Å²) in [6.07, 6.45) is 11.6. The van der Waals surface area contributed by atoms with Crippen molar-refractivity contribution in [3.63, 3.8) is 0 Å². The third kappa shape index (κ3) is 4.88. The fourth-order valence-corrected chi connectivity index (χ4v) is 0.406. The quantitative estimate of drug-likeness (QED) is 0.456. The molecule has 1 heterocycles. The summed E-state index contributed by atoms with van der Waals surface area (Å²) in [5.74, 6) is 0. The van der Waals surface area contributed by atoms with Gasteiger partial charge >= 0.3 is 0 Å². The molecule has 0 amide bonds. The fraction of sp³-hybridized carbons (Fsp3) is 0. The Morgan fingerprint density at radius 3 is 1.67 bits per heavy atom. The highest BCUT2D eigenvalue weighted by Crippen LogP contribution is 1.81. The molecule has 0 radical (unpaired) electrons. The molecule has 0 aromatic rings. The van der Waals surface area contributed by atoms with Crippen LogP contribution in [0.25, 0.3) is 0 Å². The van der Waals surface area contributed by atoms with Crippen molar-refractivity contribution in [2.75, 3.05) is 0 Å². The average molecular weight is 127 g/mol. The first kappa shape index (κ1) is 10.9. The molecule has 0 unspecified atom stereocenters. The molecular formula is C6H11BFN. The van der Waals surface area contributed by atoms with Crippen molar-refractivity contribution in [1.29, 1.82) is 0 Å². The summed E-state index contributed by atoms with van der Waals surface area (Å²) in [4.78, 5) is 0. The maximum atomic E-state index is 2.92. The van der Waals surface area contributed by atoms with Gasteiger partial charge in [-0.25, -0.2) is 0 Å². The van der Waals surface area contributed by atoms with Crippen LogP contribution in [0.4, 0.5) is 4.70 Å². The molecule has 0 fully saturated rings. The Labute approximate surface area is 56.1 Å². The Balaban J connectivity index is 0. The van der Waals surface area contributed by atoms with E-state index in [9.17, 15) is 0 Å². The lowest BCUT2D eigenvalue weighted by atomic mass is 10.5.